The van der Waals surface area contributed by atoms with Gasteiger partial charge < -0.3 is 0 Å². The second-order valence-corrected chi connectivity index (χ2v) is 2.17. The minimum absolute atomic E-state index is 0.491. The molecule has 0 aliphatic heterocycles. The number of unbranched alkanes of at least 4 members (excludes halogenated alkanes) is 1. The first kappa shape index (κ1) is 9.53. The molecule has 0 bridgehead atoms. The molecule has 0 rings (SSSR count). The molecule has 0 radical (unpaired) electrons. The van der Waals surface area contributed by atoms with Crippen LogP contribution < -0.4 is 0 Å². The molecule has 3 heteroatoms. The lowest BCUT2D eigenvalue weighted by atomic mass is 10.2. The first-order valence-corrected chi connectivity index (χ1v) is 3.22. The Morgan fingerprint density at radius 3 is 2.20 bits per heavy atom. The summed E-state index contributed by atoms with van der Waals surface area (Å²) in [6.45, 7) is 2.94. The predicted molar refractivity (Wildman–Crippen MR) is 34.7 cm³/mol. The Labute approximate surface area is 58.7 Å². The second-order valence-electron chi connectivity index (χ2n) is 2.17. The van der Waals surface area contributed by atoms with E-state index in [1.165, 1.54) is 6.08 Å². The molecule has 0 amide bonds. The Morgan fingerprint density at radius 1 is 1.40 bits per heavy atom. The molecule has 60 valence electrons. The zero-order chi connectivity index (χ0) is 8.20. The fourth-order valence-electron chi connectivity index (χ4n) is 0.477. The van der Waals surface area contributed by atoms with Crippen molar-refractivity contribution in [3.8, 4) is 0 Å². The molecule has 0 spiro atoms. The van der Waals surface area contributed by atoms with E-state index in [9.17, 15) is 13.2 Å². The number of halogens is 3. The largest absolute Gasteiger partial charge is 0.412 e. The van der Waals surface area contributed by atoms with Gasteiger partial charge in [-0.15, -0.1) is 0 Å². The fraction of sp³-hybridized carbons (Fsp3) is 0.714. The maximum Gasteiger partial charge on any atom is 0.412 e. The molecule has 0 aromatic carbocycles. The summed E-state index contributed by atoms with van der Waals surface area (Å²) in [6.07, 6.45) is -1.64. The van der Waals surface area contributed by atoms with Gasteiger partial charge in [-0.3, -0.25) is 0 Å². The molecule has 0 aliphatic rings. The summed E-state index contributed by atoms with van der Waals surface area (Å²) in [6, 6.07) is 0. The first-order valence-electron chi connectivity index (χ1n) is 3.22. The summed E-state index contributed by atoms with van der Waals surface area (Å²) in [5.74, 6) is 0. The first-order chi connectivity index (χ1) is 4.48. The van der Waals surface area contributed by atoms with E-state index in [1.807, 2.05) is 6.92 Å². The summed E-state index contributed by atoms with van der Waals surface area (Å²) in [5, 5.41) is 0. The molecule has 0 fully saturated rings. The minimum atomic E-state index is -4.13. The SMILES string of the molecule is CCCC=C(C)C(F)(F)F. The molecular weight excluding hydrogens is 141 g/mol. The van der Waals surface area contributed by atoms with Gasteiger partial charge in [-0.2, -0.15) is 13.2 Å². The van der Waals surface area contributed by atoms with E-state index < -0.39 is 11.7 Å². The van der Waals surface area contributed by atoms with Crippen molar-refractivity contribution in [2.24, 2.45) is 0 Å². The van der Waals surface area contributed by atoms with E-state index in [-0.39, 0.29) is 0 Å². The van der Waals surface area contributed by atoms with Crippen molar-refractivity contribution >= 4 is 0 Å². The van der Waals surface area contributed by atoms with Crippen molar-refractivity contribution in [3.05, 3.63) is 11.6 Å². The third-order valence-electron chi connectivity index (χ3n) is 1.19. The van der Waals surface area contributed by atoms with Crippen molar-refractivity contribution in [1.29, 1.82) is 0 Å². The van der Waals surface area contributed by atoms with Crippen LogP contribution in [0.25, 0.3) is 0 Å². The Bertz CT molecular complexity index is 121. The van der Waals surface area contributed by atoms with E-state index in [2.05, 4.69) is 0 Å². The summed E-state index contributed by atoms with van der Waals surface area (Å²) in [5.41, 5.74) is -0.491. The van der Waals surface area contributed by atoms with Crippen LogP contribution in [-0.2, 0) is 0 Å². The Morgan fingerprint density at radius 2 is 1.90 bits per heavy atom. The van der Waals surface area contributed by atoms with Crippen molar-refractivity contribution < 1.29 is 13.2 Å². The van der Waals surface area contributed by atoms with Crippen LogP contribution in [0.4, 0.5) is 13.2 Å². The zero-order valence-corrected chi connectivity index (χ0v) is 6.13. The fourth-order valence-corrected chi connectivity index (χ4v) is 0.477. The molecule has 0 heterocycles. The van der Waals surface area contributed by atoms with Crippen molar-refractivity contribution in [3.63, 3.8) is 0 Å². The molecule has 0 saturated carbocycles. The van der Waals surface area contributed by atoms with Crippen LogP contribution in [-0.4, -0.2) is 6.18 Å². The topological polar surface area (TPSA) is 0 Å². The molecule has 0 nitrogen and oxygen atoms in total. The maximum atomic E-state index is 11.7. The van der Waals surface area contributed by atoms with Gasteiger partial charge in [-0.25, -0.2) is 0 Å². The number of hydrogen-bond acceptors (Lipinski definition) is 0. The molecule has 0 aliphatic carbocycles. The molecule has 0 unspecified atom stereocenters. The van der Waals surface area contributed by atoms with Crippen molar-refractivity contribution in [2.45, 2.75) is 32.9 Å². The Hall–Kier alpha value is -0.470. The molecule has 0 aromatic heterocycles. The normalized spacial score (nSPS) is 13.9. The van der Waals surface area contributed by atoms with Crippen LogP contribution in [0, 0.1) is 0 Å². The van der Waals surface area contributed by atoms with Gasteiger partial charge in [-0.05, 0) is 13.3 Å². The van der Waals surface area contributed by atoms with Crippen LogP contribution in [0.1, 0.15) is 26.7 Å². The van der Waals surface area contributed by atoms with Gasteiger partial charge in [0, 0.05) is 5.57 Å². The van der Waals surface area contributed by atoms with Gasteiger partial charge in [0.1, 0.15) is 0 Å². The molecule has 0 N–H and O–H groups in total. The van der Waals surface area contributed by atoms with E-state index in [0.29, 0.717) is 6.42 Å². The van der Waals surface area contributed by atoms with Crippen LogP contribution in [0.15, 0.2) is 11.6 Å². The molecule has 10 heavy (non-hydrogen) atoms. The lowest BCUT2D eigenvalue weighted by Crippen LogP contribution is -2.08. The van der Waals surface area contributed by atoms with Gasteiger partial charge in [0.15, 0.2) is 0 Å². The van der Waals surface area contributed by atoms with Crippen LogP contribution >= 0.6 is 0 Å². The van der Waals surface area contributed by atoms with Crippen molar-refractivity contribution in [2.75, 3.05) is 0 Å². The molecule has 0 saturated heterocycles. The number of allylic oxidation sites excluding steroid dienone is 2. The van der Waals surface area contributed by atoms with E-state index in [0.717, 1.165) is 13.3 Å². The lowest BCUT2D eigenvalue weighted by molar-refractivity contribution is -0.0915. The summed E-state index contributed by atoms with van der Waals surface area (Å²) in [7, 11) is 0. The Balaban J connectivity index is 3.93. The maximum absolute atomic E-state index is 11.7. The highest BCUT2D eigenvalue weighted by Gasteiger charge is 2.29. The highest BCUT2D eigenvalue weighted by atomic mass is 19.4. The number of rotatable bonds is 2. The molecule has 0 aromatic rings. The van der Waals surface area contributed by atoms with Gasteiger partial charge in [0.2, 0.25) is 0 Å². The predicted octanol–water partition coefficient (Wildman–Crippen LogP) is 3.30. The monoisotopic (exact) mass is 152 g/mol. The van der Waals surface area contributed by atoms with Crippen LogP contribution in [0.3, 0.4) is 0 Å². The van der Waals surface area contributed by atoms with Crippen molar-refractivity contribution in [1.82, 2.24) is 0 Å². The smallest absolute Gasteiger partial charge is 0.167 e. The van der Waals surface area contributed by atoms with Crippen LogP contribution in [0.2, 0.25) is 0 Å². The average molecular weight is 152 g/mol. The Kier molecular flexibility index (Phi) is 3.47. The van der Waals surface area contributed by atoms with Gasteiger partial charge in [-0.1, -0.05) is 19.4 Å². The van der Waals surface area contributed by atoms with Gasteiger partial charge >= 0.3 is 6.18 Å². The second kappa shape index (κ2) is 3.64. The average Bonchev–Trinajstić information content (AvgIpc) is 1.80. The third kappa shape index (κ3) is 3.54. The van der Waals surface area contributed by atoms with E-state index in [4.69, 9.17) is 0 Å². The third-order valence-corrected chi connectivity index (χ3v) is 1.19. The number of alkyl halides is 3. The highest BCUT2D eigenvalue weighted by molar-refractivity contribution is 5.04. The van der Waals surface area contributed by atoms with E-state index in [1.54, 1.807) is 0 Å². The molecular formula is C7H11F3. The summed E-state index contributed by atoms with van der Waals surface area (Å²) in [4.78, 5) is 0. The van der Waals surface area contributed by atoms with Gasteiger partial charge in [0.25, 0.3) is 0 Å². The summed E-state index contributed by atoms with van der Waals surface area (Å²) >= 11 is 0. The minimum Gasteiger partial charge on any atom is -0.167 e. The quantitative estimate of drug-likeness (QED) is 0.532. The lowest BCUT2D eigenvalue weighted by Gasteiger charge is -2.04. The van der Waals surface area contributed by atoms with E-state index >= 15 is 0 Å². The molecule has 0 atom stereocenters. The number of hydrogen-bond donors (Lipinski definition) is 0. The van der Waals surface area contributed by atoms with Gasteiger partial charge in [0.05, 0.1) is 0 Å². The standard InChI is InChI=1S/C7H11F3/c1-3-4-5-6(2)7(8,9)10/h5H,3-4H2,1-2H3. The highest BCUT2D eigenvalue weighted by Crippen LogP contribution is 2.25. The van der Waals surface area contributed by atoms with Crippen LogP contribution in [0.5, 0.6) is 0 Å². The summed E-state index contributed by atoms with van der Waals surface area (Å²) < 4.78 is 35.1. The zero-order valence-electron chi connectivity index (χ0n) is 6.13.